The van der Waals surface area contributed by atoms with E-state index >= 15 is 0 Å². The van der Waals surface area contributed by atoms with E-state index in [1.807, 2.05) is 0 Å². The van der Waals surface area contributed by atoms with Crippen LogP contribution in [-0.4, -0.2) is 31.8 Å². The standard InChI is InChI=1S/C17H15FN2O4/c1-23-16(21)11-24-15-4-2-3-12(9-15)10-19-20-17(22)13-5-7-14(18)8-6-13/h2-10H,11H2,1H3,(H,20,22)/b19-10-. The second-order valence-electron chi connectivity index (χ2n) is 4.64. The van der Waals surface area contributed by atoms with Gasteiger partial charge < -0.3 is 9.47 Å². The third kappa shape index (κ3) is 5.20. The minimum Gasteiger partial charge on any atom is -0.482 e. The molecule has 0 atom stereocenters. The van der Waals surface area contributed by atoms with Gasteiger partial charge in [0.2, 0.25) is 0 Å². The lowest BCUT2D eigenvalue weighted by Gasteiger charge is -2.05. The monoisotopic (exact) mass is 330 g/mol. The summed E-state index contributed by atoms with van der Waals surface area (Å²) in [4.78, 5) is 22.8. The molecule has 124 valence electrons. The lowest BCUT2D eigenvalue weighted by atomic mass is 10.2. The molecule has 7 heteroatoms. The Morgan fingerprint density at radius 3 is 2.67 bits per heavy atom. The number of hydrogen-bond acceptors (Lipinski definition) is 5. The van der Waals surface area contributed by atoms with Gasteiger partial charge in [0.25, 0.3) is 5.91 Å². The molecule has 0 bridgehead atoms. The van der Waals surface area contributed by atoms with Gasteiger partial charge in [-0.2, -0.15) is 5.10 Å². The predicted molar refractivity (Wildman–Crippen MR) is 85.4 cm³/mol. The summed E-state index contributed by atoms with van der Waals surface area (Å²) in [5.74, 6) is -0.891. The van der Waals surface area contributed by atoms with Crippen molar-refractivity contribution in [2.45, 2.75) is 0 Å². The summed E-state index contributed by atoms with van der Waals surface area (Å²) in [5, 5.41) is 3.83. The van der Waals surface area contributed by atoms with Crippen molar-refractivity contribution in [2.75, 3.05) is 13.7 Å². The molecular weight excluding hydrogens is 315 g/mol. The van der Waals surface area contributed by atoms with Gasteiger partial charge in [-0.3, -0.25) is 4.79 Å². The van der Waals surface area contributed by atoms with E-state index in [1.165, 1.54) is 37.6 Å². The van der Waals surface area contributed by atoms with E-state index in [4.69, 9.17) is 4.74 Å². The molecule has 0 saturated carbocycles. The third-order valence-electron chi connectivity index (χ3n) is 2.93. The molecule has 0 aliphatic carbocycles. The largest absolute Gasteiger partial charge is 0.482 e. The second-order valence-corrected chi connectivity index (χ2v) is 4.64. The number of halogens is 1. The Balaban J connectivity index is 1.92. The first-order chi connectivity index (χ1) is 11.6. The first-order valence-corrected chi connectivity index (χ1v) is 6.97. The third-order valence-corrected chi connectivity index (χ3v) is 2.93. The number of methoxy groups -OCH3 is 1. The molecule has 1 amide bonds. The summed E-state index contributed by atoms with van der Waals surface area (Å²) < 4.78 is 22.5. The van der Waals surface area contributed by atoms with E-state index in [0.29, 0.717) is 16.9 Å². The number of hydrazone groups is 1. The van der Waals surface area contributed by atoms with Crippen LogP contribution in [0.5, 0.6) is 5.75 Å². The van der Waals surface area contributed by atoms with E-state index in [-0.39, 0.29) is 6.61 Å². The molecule has 0 unspecified atom stereocenters. The lowest BCUT2D eigenvalue weighted by molar-refractivity contribution is -0.142. The van der Waals surface area contributed by atoms with E-state index in [9.17, 15) is 14.0 Å². The summed E-state index contributed by atoms with van der Waals surface area (Å²) in [5.41, 5.74) is 3.30. The molecule has 2 rings (SSSR count). The molecule has 2 aromatic carbocycles. The summed E-state index contributed by atoms with van der Waals surface area (Å²) in [6.07, 6.45) is 1.42. The Morgan fingerprint density at radius 1 is 1.21 bits per heavy atom. The molecule has 0 radical (unpaired) electrons. The highest BCUT2D eigenvalue weighted by atomic mass is 19.1. The maximum absolute atomic E-state index is 12.8. The average Bonchev–Trinajstić information content (AvgIpc) is 2.60. The molecule has 0 fully saturated rings. The number of carbonyl (C=O) groups excluding carboxylic acids is 2. The molecule has 0 heterocycles. The zero-order chi connectivity index (χ0) is 17.4. The highest BCUT2D eigenvalue weighted by molar-refractivity contribution is 5.94. The molecule has 0 aromatic heterocycles. The van der Waals surface area contributed by atoms with Crippen LogP contribution in [0.15, 0.2) is 53.6 Å². The van der Waals surface area contributed by atoms with Gasteiger partial charge in [0.15, 0.2) is 6.61 Å². The molecule has 0 aliphatic heterocycles. The first kappa shape index (κ1) is 17.1. The fraction of sp³-hybridized carbons (Fsp3) is 0.118. The molecule has 0 saturated heterocycles. The van der Waals surface area contributed by atoms with E-state index < -0.39 is 17.7 Å². The number of ether oxygens (including phenoxy) is 2. The maximum atomic E-state index is 12.8. The Morgan fingerprint density at radius 2 is 1.96 bits per heavy atom. The normalized spacial score (nSPS) is 10.4. The summed E-state index contributed by atoms with van der Waals surface area (Å²) in [7, 11) is 1.28. The van der Waals surface area contributed by atoms with E-state index in [1.54, 1.807) is 24.3 Å². The molecule has 0 spiro atoms. The smallest absolute Gasteiger partial charge is 0.343 e. The number of benzene rings is 2. The Bertz CT molecular complexity index is 745. The van der Waals surface area contributed by atoms with Crippen LogP contribution in [-0.2, 0) is 9.53 Å². The van der Waals surface area contributed by atoms with Gasteiger partial charge in [-0.25, -0.2) is 14.6 Å². The van der Waals surface area contributed by atoms with Gasteiger partial charge in [0.05, 0.1) is 13.3 Å². The predicted octanol–water partition coefficient (Wildman–Crippen LogP) is 2.14. The highest BCUT2D eigenvalue weighted by Gasteiger charge is 2.04. The average molecular weight is 330 g/mol. The number of nitrogens with one attached hydrogen (secondary N) is 1. The van der Waals surface area contributed by atoms with Gasteiger partial charge in [-0.1, -0.05) is 12.1 Å². The van der Waals surface area contributed by atoms with Crippen molar-refractivity contribution in [3.63, 3.8) is 0 Å². The molecule has 2 aromatic rings. The van der Waals surface area contributed by atoms with Crippen molar-refractivity contribution in [3.05, 3.63) is 65.5 Å². The molecule has 24 heavy (non-hydrogen) atoms. The number of nitrogens with zero attached hydrogens (tertiary/aromatic N) is 1. The minimum absolute atomic E-state index is 0.196. The number of carbonyl (C=O) groups is 2. The number of esters is 1. The zero-order valence-corrected chi connectivity index (χ0v) is 12.9. The van der Waals surface area contributed by atoms with Gasteiger partial charge in [-0.15, -0.1) is 0 Å². The van der Waals surface area contributed by atoms with E-state index in [2.05, 4.69) is 15.3 Å². The van der Waals surface area contributed by atoms with E-state index in [0.717, 1.165) is 0 Å². The second kappa shape index (κ2) is 8.42. The fourth-order valence-corrected chi connectivity index (χ4v) is 1.72. The SMILES string of the molecule is COC(=O)COc1cccc(/C=N\NC(=O)c2ccc(F)cc2)c1. The van der Waals surface area contributed by atoms with Crippen molar-refractivity contribution < 1.29 is 23.5 Å². The van der Waals surface area contributed by atoms with Crippen LogP contribution in [0.2, 0.25) is 0 Å². The molecule has 1 N–H and O–H groups in total. The quantitative estimate of drug-likeness (QED) is 0.500. The Kier molecular flexibility index (Phi) is 6.01. The van der Waals surface area contributed by atoms with Crippen molar-refractivity contribution in [1.29, 1.82) is 0 Å². The van der Waals surface area contributed by atoms with Crippen LogP contribution in [0.1, 0.15) is 15.9 Å². The number of rotatable bonds is 6. The fourth-order valence-electron chi connectivity index (χ4n) is 1.72. The van der Waals surface area contributed by atoms with Crippen molar-refractivity contribution in [3.8, 4) is 5.75 Å². The summed E-state index contributed by atoms with van der Waals surface area (Å²) in [6, 6.07) is 11.9. The number of amides is 1. The first-order valence-electron chi connectivity index (χ1n) is 6.97. The molecular formula is C17H15FN2O4. The van der Waals surface area contributed by atoms with Crippen molar-refractivity contribution in [1.82, 2.24) is 5.43 Å². The van der Waals surface area contributed by atoms with Crippen molar-refractivity contribution >= 4 is 18.1 Å². The maximum Gasteiger partial charge on any atom is 0.343 e. The van der Waals surface area contributed by atoms with Crippen LogP contribution in [0, 0.1) is 5.82 Å². The zero-order valence-electron chi connectivity index (χ0n) is 12.9. The summed E-state index contributed by atoms with van der Waals surface area (Å²) >= 11 is 0. The highest BCUT2D eigenvalue weighted by Crippen LogP contribution is 2.12. The lowest BCUT2D eigenvalue weighted by Crippen LogP contribution is -2.17. The van der Waals surface area contributed by atoms with Crippen LogP contribution in [0.25, 0.3) is 0 Å². The van der Waals surface area contributed by atoms with Crippen LogP contribution >= 0.6 is 0 Å². The number of hydrogen-bond donors (Lipinski definition) is 1. The van der Waals surface area contributed by atoms with Crippen LogP contribution in [0.3, 0.4) is 0 Å². The van der Waals surface area contributed by atoms with Crippen LogP contribution < -0.4 is 10.2 Å². The Hall–Kier alpha value is -3.22. The van der Waals surface area contributed by atoms with Crippen LogP contribution in [0.4, 0.5) is 4.39 Å². The van der Waals surface area contributed by atoms with Gasteiger partial charge in [0, 0.05) is 5.56 Å². The van der Waals surface area contributed by atoms with Gasteiger partial charge in [0.1, 0.15) is 11.6 Å². The van der Waals surface area contributed by atoms with Gasteiger partial charge in [-0.05, 0) is 42.0 Å². The molecule has 6 nitrogen and oxygen atoms in total. The van der Waals surface area contributed by atoms with Gasteiger partial charge >= 0.3 is 5.97 Å². The minimum atomic E-state index is -0.486. The summed E-state index contributed by atoms with van der Waals surface area (Å²) in [6.45, 7) is -0.196. The van der Waals surface area contributed by atoms with Crippen molar-refractivity contribution in [2.24, 2.45) is 5.10 Å². The topological polar surface area (TPSA) is 77.0 Å². The Labute approximate surface area is 137 Å². The molecule has 0 aliphatic rings.